The number of benzene rings is 2. The van der Waals surface area contributed by atoms with Gasteiger partial charge in [-0.05, 0) is 26.7 Å². The molecule has 0 heterocycles. The van der Waals surface area contributed by atoms with Crippen molar-refractivity contribution in [2.24, 2.45) is 11.8 Å². The molecule has 2 unspecified atom stereocenters. The molecule has 0 amide bonds. The quantitative estimate of drug-likeness (QED) is 0.315. The normalized spacial score (nSPS) is 13.2. The maximum absolute atomic E-state index is 12.6. The predicted octanol–water partition coefficient (Wildman–Crippen LogP) is 6.32. The first kappa shape index (κ1) is 25.5. The van der Waals surface area contributed by atoms with Crippen molar-refractivity contribution in [2.75, 3.05) is 0 Å². The molecule has 0 saturated heterocycles. The highest BCUT2D eigenvalue weighted by Crippen LogP contribution is 2.52. The standard InChI is InChI=1S/C26H36O6/c1-9-17(7)29-23-21(31-25(27)15(3)4)19-13-11-12-14-20(19)22(32-26(28)16(5)6)24(23)30-18(8)10-2/h11-18H,9-10H2,1-8H3. The Labute approximate surface area is 191 Å². The Morgan fingerprint density at radius 1 is 0.656 bits per heavy atom. The summed E-state index contributed by atoms with van der Waals surface area (Å²) in [6.07, 6.45) is 1.10. The molecule has 2 aromatic carbocycles. The van der Waals surface area contributed by atoms with E-state index in [0.29, 0.717) is 10.8 Å². The minimum absolute atomic E-state index is 0.180. The molecular formula is C26H36O6. The summed E-state index contributed by atoms with van der Waals surface area (Å²) in [5, 5.41) is 1.23. The van der Waals surface area contributed by atoms with Gasteiger partial charge in [0.05, 0.1) is 24.0 Å². The lowest BCUT2D eigenvalue weighted by Gasteiger charge is -2.25. The van der Waals surface area contributed by atoms with Gasteiger partial charge in [0, 0.05) is 10.8 Å². The van der Waals surface area contributed by atoms with Gasteiger partial charge < -0.3 is 18.9 Å². The highest BCUT2D eigenvalue weighted by molar-refractivity contribution is 6.01. The van der Waals surface area contributed by atoms with Crippen LogP contribution in [0.25, 0.3) is 10.8 Å². The molecule has 2 atom stereocenters. The third-order valence-electron chi connectivity index (χ3n) is 5.17. The van der Waals surface area contributed by atoms with Crippen molar-refractivity contribution in [2.45, 2.75) is 80.4 Å². The number of ether oxygens (including phenoxy) is 4. The summed E-state index contributed by atoms with van der Waals surface area (Å²) in [4.78, 5) is 25.2. The minimum Gasteiger partial charge on any atom is -0.483 e. The second-order valence-corrected chi connectivity index (χ2v) is 8.69. The van der Waals surface area contributed by atoms with Crippen LogP contribution < -0.4 is 18.9 Å². The zero-order valence-electron chi connectivity index (χ0n) is 20.5. The first-order chi connectivity index (χ1) is 15.1. The van der Waals surface area contributed by atoms with E-state index in [4.69, 9.17) is 18.9 Å². The molecule has 0 aromatic heterocycles. The van der Waals surface area contributed by atoms with E-state index >= 15 is 0 Å². The van der Waals surface area contributed by atoms with E-state index in [1.807, 2.05) is 52.0 Å². The van der Waals surface area contributed by atoms with Gasteiger partial charge in [-0.3, -0.25) is 9.59 Å². The average molecular weight is 445 g/mol. The molecule has 2 rings (SSSR count). The third kappa shape index (κ3) is 5.93. The van der Waals surface area contributed by atoms with Gasteiger partial charge in [-0.2, -0.15) is 0 Å². The Morgan fingerprint density at radius 3 is 1.28 bits per heavy atom. The summed E-state index contributed by atoms with van der Waals surface area (Å²) in [6, 6.07) is 7.32. The van der Waals surface area contributed by atoms with E-state index in [1.54, 1.807) is 27.7 Å². The van der Waals surface area contributed by atoms with Gasteiger partial charge >= 0.3 is 11.9 Å². The lowest BCUT2D eigenvalue weighted by atomic mass is 10.1. The molecule has 0 aliphatic rings. The van der Waals surface area contributed by atoms with Crippen molar-refractivity contribution in [1.82, 2.24) is 0 Å². The van der Waals surface area contributed by atoms with Crippen LogP contribution in [0.1, 0.15) is 68.2 Å². The van der Waals surface area contributed by atoms with E-state index in [-0.39, 0.29) is 59.0 Å². The van der Waals surface area contributed by atoms with E-state index in [9.17, 15) is 9.59 Å². The topological polar surface area (TPSA) is 71.1 Å². The van der Waals surface area contributed by atoms with Crippen molar-refractivity contribution in [1.29, 1.82) is 0 Å². The zero-order chi connectivity index (χ0) is 24.0. The monoisotopic (exact) mass is 444 g/mol. The Balaban J connectivity index is 2.90. The number of carbonyl (C=O) groups is 2. The van der Waals surface area contributed by atoms with Crippen molar-refractivity contribution in [3.8, 4) is 23.0 Å². The second-order valence-electron chi connectivity index (χ2n) is 8.69. The first-order valence-corrected chi connectivity index (χ1v) is 11.5. The molecular weight excluding hydrogens is 408 g/mol. The highest BCUT2D eigenvalue weighted by atomic mass is 16.6. The van der Waals surface area contributed by atoms with Gasteiger partial charge in [0.1, 0.15) is 0 Å². The third-order valence-corrected chi connectivity index (χ3v) is 5.17. The zero-order valence-corrected chi connectivity index (χ0v) is 20.5. The number of hydrogen-bond donors (Lipinski definition) is 0. The number of fused-ring (bicyclic) bond motifs is 1. The molecule has 0 bridgehead atoms. The van der Waals surface area contributed by atoms with Crippen LogP contribution in [0.4, 0.5) is 0 Å². The molecule has 0 N–H and O–H groups in total. The molecule has 0 spiro atoms. The molecule has 2 aromatic rings. The van der Waals surface area contributed by atoms with Gasteiger partial charge in [0.2, 0.25) is 11.5 Å². The van der Waals surface area contributed by atoms with Crippen molar-refractivity contribution >= 4 is 22.7 Å². The number of esters is 2. The van der Waals surface area contributed by atoms with Crippen LogP contribution >= 0.6 is 0 Å². The smallest absolute Gasteiger partial charge is 0.313 e. The second kappa shape index (κ2) is 11.2. The van der Waals surface area contributed by atoms with Crippen molar-refractivity contribution in [3.63, 3.8) is 0 Å². The van der Waals surface area contributed by atoms with E-state index in [2.05, 4.69) is 0 Å². The summed E-state index contributed by atoms with van der Waals surface area (Å²) in [5.74, 6) is -0.316. The van der Waals surface area contributed by atoms with Crippen LogP contribution in [0.2, 0.25) is 0 Å². The maximum Gasteiger partial charge on any atom is 0.313 e. The predicted molar refractivity (Wildman–Crippen MR) is 126 cm³/mol. The molecule has 32 heavy (non-hydrogen) atoms. The fourth-order valence-electron chi connectivity index (χ4n) is 2.75. The number of carbonyl (C=O) groups excluding carboxylic acids is 2. The molecule has 0 aliphatic carbocycles. The van der Waals surface area contributed by atoms with Crippen LogP contribution in [-0.4, -0.2) is 24.1 Å². The van der Waals surface area contributed by atoms with E-state index in [0.717, 1.165) is 12.8 Å². The Hall–Kier alpha value is -2.76. The lowest BCUT2D eigenvalue weighted by Crippen LogP contribution is -2.21. The van der Waals surface area contributed by atoms with Gasteiger partial charge in [-0.25, -0.2) is 0 Å². The number of rotatable bonds is 10. The summed E-state index contributed by atoms with van der Waals surface area (Å²) in [6.45, 7) is 14.9. The van der Waals surface area contributed by atoms with Gasteiger partial charge in [-0.1, -0.05) is 65.8 Å². The van der Waals surface area contributed by atoms with E-state index < -0.39 is 0 Å². The van der Waals surface area contributed by atoms with Gasteiger partial charge in [0.15, 0.2) is 11.5 Å². The molecule has 0 fully saturated rings. The summed E-state index contributed by atoms with van der Waals surface area (Å²) in [7, 11) is 0. The van der Waals surface area contributed by atoms with Crippen LogP contribution in [-0.2, 0) is 9.59 Å². The first-order valence-electron chi connectivity index (χ1n) is 11.5. The molecule has 0 radical (unpaired) electrons. The van der Waals surface area contributed by atoms with Crippen LogP contribution in [0.15, 0.2) is 24.3 Å². The maximum atomic E-state index is 12.6. The summed E-state index contributed by atoms with van der Waals surface area (Å²) >= 11 is 0. The molecule has 0 aliphatic heterocycles. The minimum atomic E-state index is -0.384. The fourth-order valence-corrected chi connectivity index (χ4v) is 2.75. The van der Waals surface area contributed by atoms with Gasteiger partial charge in [-0.15, -0.1) is 0 Å². The van der Waals surface area contributed by atoms with Crippen LogP contribution in [0, 0.1) is 11.8 Å². The van der Waals surface area contributed by atoms with Crippen LogP contribution in [0.5, 0.6) is 23.0 Å². The molecule has 0 saturated carbocycles. The van der Waals surface area contributed by atoms with Crippen LogP contribution in [0.3, 0.4) is 0 Å². The molecule has 6 heteroatoms. The largest absolute Gasteiger partial charge is 0.483 e. The molecule has 176 valence electrons. The fraction of sp³-hybridized carbons (Fsp3) is 0.538. The number of hydrogen-bond acceptors (Lipinski definition) is 6. The Morgan fingerprint density at radius 2 is 1.00 bits per heavy atom. The molecule has 6 nitrogen and oxygen atoms in total. The van der Waals surface area contributed by atoms with Gasteiger partial charge in [0.25, 0.3) is 0 Å². The van der Waals surface area contributed by atoms with E-state index in [1.165, 1.54) is 0 Å². The van der Waals surface area contributed by atoms with Crippen molar-refractivity contribution in [3.05, 3.63) is 24.3 Å². The SMILES string of the molecule is CCC(C)Oc1c(OC(C)CC)c(OC(=O)C(C)C)c2ccccc2c1OC(=O)C(C)C. The summed E-state index contributed by atoms with van der Waals surface area (Å²) in [5.41, 5.74) is 0. The highest BCUT2D eigenvalue weighted by Gasteiger charge is 2.30. The Bertz CT molecular complexity index is 870. The lowest BCUT2D eigenvalue weighted by molar-refractivity contribution is -0.138. The van der Waals surface area contributed by atoms with Crippen molar-refractivity contribution < 1.29 is 28.5 Å². The summed E-state index contributed by atoms with van der Waals surface area (Å²) < 4.78 is 24.2. The average Bonchev–Trinajstić information content (AvgIpc) is 2.77. The Kier molecular flexibility index (Phi) is 8.93.